The van der Waals surface area contributed by atoms with Crippen LogP contribution in [0, 0.1) is 0 Å². The molecule has 0 unspecified atom stereocenters. The maximum atomic E-state index is 11.8. The van der Waals surface area contributed by atoms with Crippen molar-refractivity contribution in [3.05, 3.63) is 43.7 Å². The molecule has 0 fully saturated rings. The molecule has 0 aromatic carbocycles. The third kappa shape index (κ3) is 2.25. The van der Waals surface area contributed by atoms with Gasteiger partial charge in [0, 0.05) is 25.7 Å². The smallest absolute Gasteiger partial charge is 0.330 e. The van der Waals surface area contributed by atoms with Crippen molar-refractivity contribution in [2.24, 2.45) is 14.1 Å². The van der Waals surface area contributed by atoms with Gasteiger partial charge in [-0.25, -0.2) is 9.78 Å². The Morgan fingerprint density at radius 3 is 2.67 bits per heavy atom. The van der Waals surface area contributed by atoms with Gasteiger partial charge in [0.1, 0.15) is 0 Å². The van der Waals surface area contributed by atoms with E-state index in [-0.39, 0.29) is 11.2 Å². The summed E-state index contributed by atoms with van der Waals surface area (Å²) in [7, 11) is 3.04. The average molecular weight is 264 g/mol. The molecular formula is C11H12N4O2S. The number of rotatable bonds is 2. The first-order chi connectivity index (χ1) is 8.49. The fourth-order valence-corrected chi connectivity index (χ4v) is 2.03. The van der Waals surface area contributed by atoms with E-state index in [0.29, 0.717) is 16.4 Å². The SMILES string of the molecule is Cn1cc(C=Cc2csc(N)n2)c(=O)n(C)c1=O. The zero-order valence-electron chi connectivity index (χ0n) is 9.95. The minimum Gasteiger partial charge on any atom is -0.375 e. The van der Waals surface area contributed by atoms with Gasteiger partial charge in [0.2, 0.25) is 0 Å². The van der Waals surface area contributed by atoms with Gasteiger partial charge >= 0.3 is 5.69 Å². The van der Waals surface area contributed by atoms with Gasteiger partial charge in [0.15, 0.2) is 5.13 Å². The second-order valence-electron chi connectivity index (χ2n) is 3.79. The molecule has 0 saturated heterocycles. The maximum absolute atomic E-state index is 11.8. The number of aryl methyl sites for hydroxylation is 1. The molecule has 7 heteroatoms. The lowest BCUT2D eigenvalue weighted by Gasteiger charge is -2.02. The van der Waals surface area contributed by atoms with Crippen LogP contribution in [0.2, 0.25) is 0 Å². The second-order valence-corrected chi connectivity index (χ2v) is 4.68. The monoisotopic (exact) mass is 264 g/mol. The van der Waals surface area contributed by atoms with E-state index >= 15 is 0 Å². The molecular weight excluding hydrogens is 252 g/mol. The Morgan fingerprint density at radius 1 is 1.33 bits per heavy atom. The predicted octanol–water partition coefficient (Wildman–Crippen LogP) is 0.293. The third-order valence-electron chi connectivity index (χ3n) is 2.45. The minimum atomic E-state index is -0.352. The normalized spacial score (nSPS) is 11.2. The Hall–Kier alpha value is -2.15. The fourth-order valence-electron chi connectivity index (χ4n) is 1.50. The van der Waals surface area contributed by atoms with E-state index < -0.39 is 0 Å². The molecule has 0 aliphatic rings. The summed E-state index contributed by atoms with van der Waals surface area (Å²) in [6.45, 7) is 0. The van der Waals surface area contributed by atoms with Gasteiger partial charge in [-0.15, -0.1) is 11.3 Å². The summed E-state index contributed by atoms with van der Waals surface area (Å²) in [6.07, 6.45) is 4.81. The summed E-state index contributed by atoms with van der Waals surface area (Å²) >= 11 is 1.33. The highest BCUT2D eigenvalue weighted by molar-refractivity contribution is 7.13. The van der Waals surface area contributed by atoms with Crippen molar-refractivity contribution in [2.75, 3.05) is 5.73 Å². The number of nitrogen functional groups attached to an aromatic ring is 1. The molecule has 0 radical (unpaired) electrons. The summed E-state index contributed by atoms with van der Waals surface area (Å²) in [6, 6.07) is 0. The van der Waals surface area contributed by atoms with Crippen molar-refractivity contribution in [2.45, 2.75) is 0 Å². The molecule has 0 aliphatic carbocycles. The highest BCUT2D eigenvalue weighted by atomic mass is 32.1. The van der Waals surface area contributed by atoms with E-state index in [9.17, 15) is 9.59 Å². The molecule has 2 aromatic rings. The standard InChI is InChI=1S/C11H12N4O2S/c1-14-5-7(9(16)15(2)11(14)17)3-4-8-6-18-10(12)13-8/h3-6H,1-2H3,(H2,12,13). The molecule has 18 heavy (non-hydrogen) atoms. The lowest BCUT2D eigenvalue weighted by atomic mass is 10.3. The lowest BCUT2D eigenvalue weighted by Crippen LogP contribution is -2.37. The van der Waals surface area contributed by atoms with Crippen LogP contribution >= 0.6 is 11.3 Å². The van der Waals surface area contributed by atoms with Crippen molar-refractivity contribution in [1.82, 2.24) is 14.1 Å². The van der Waals surface area contributed by atoms with Crippen molar-refractivity contribution >= 4 is 28.6 Å². The molecule has 0 spiro atoms. The lowest BCUT2D eigenvalue weighted by molar-refractivity contribution is 0.683. The molecule has 0 amide bonds. The summed E-state index contributed by atoms with van der Waals surface area (Å²) in [5.41, 5.74) is 5.93. The average Bonchev–Trinajstić information content (AvgIpc) is 2.75. The van der Waals surface area contributed by atoms with Crippen molar-refractivity contribution in [3.8, 4) is 0 Å². The maximum Gasteiger partial charge on any atom is 0.330 e. The van der Waals surface area contributed by atoms with E-state index in [1.54, 1.807) is 24.6 Å². The number of nitrogens with two attached hydrogens (primary N) is 1. The van der Waals surface area contributed by atoms with Crippen molar-refractivity contribution < 1.29 is 0 Å². The van der Waals surface area contributed by atoms with E-state index in [0.717, 1.165) is 4.57 Å². The molecule has 0 aliphatic heterocycles. The van der Waals surface area contributed by atoms with Gasteiger partial charge < -0.3 is 10.3 Å². The van der Waals surface area contributed by atoms with Crippen LogP contribution in [0.4, 0.5) is 5.13 Å². The molecule has 6 nitrogen and oxygen atoms in total. The minimum absolute atomic E-state index is 0.336. The summed E-state index contributed by atoms with van der Waals surface area (Å²) in [4.78, 5) is 27.4. The van der Waals surface area contributed by atoms with Crippen LogP contribution in [-0.2, 0) is 14.1 Å². The van der Waals surface area contributed by atoms with Crippen LogP contribution in [-0.4, -0.2) is 14.1 Å². The molecule has 2 rings (SSSR count). The first kappa shape index (κ1) is 12.3. The quantitative estimate of drug-likeness (QED) is 0.845. The van der Waals surface area contributed by atoms with Crippen LogP contribution in [0.5, 0.6) is 0 Å². The van der Waals surface area contributed by atoms with E-state index in [1.165, 1.54) is 29.1 Å². The topological polar surface area (TPSA) is 82.9 Å². The van der Waals surface area contributed by atoms with Crippen molar-refractivity contribution in [3.63, 3.8) is 0 Å². The Kier molecular flexibility index (Phi) is 3.15. The van der Waals surface area contributed by atoms with Gasteiger partial charge in [-0.05, 0) is 12.2 Å². The van der Waals surface area contributed by atoms with Gasteiger partial charge in [0.05, 0.1) is 11.3 Å². The third-order valence-corrected chi connectivity index (χ3v) is 3.14. The largest absolute Gasteiger partial charge is 0.375 e. The molecule has 94 valence electrons. The zero-order chi connectivity index (χ0) is 13.3. The van der Waals surface area contributed by atoms with E-state index in [1.807, 2.05) is 0 Å². The molecule has 2 aromatic heterocycles. The summed E-state index contributed by atoms with van der Waals surface area (Å²) in [5.74, 6) is 0. The van der Waals surface area contributed by atoms with Crippen LogP contribution in [0.25, 0.3) is 12.2 Å². The number of hydrogen-bond donors (Lipinski definition) is 1. The van der Waals surface area contributed by atoms with Crippen LogP contribution in [0.15, 0.2) is 21.2 Å². The first-order valence-electron chi connectivity index (χ1n) is 5.15. The van der Waals surface area contributed by atoms with Crippen molar-refractivity contribution in [1.29, 1.82) is 0 Å². The van der Waals surface area contributed by atoms with Gasteiger partial charge in [-0.3, -0.25) is 9.36 Å². The van der Waals surface area contributed by atoms with Gasteiger partial charge in [-0.2, -0.15) is 0 Å². The van der Waals surface area contributed by atoms with E-state index in [4.69, 9.17) is 5.73 Å². The van der Waals surface area contributed by atoms with Crippen LogP contribution in [0.3, 0.4) is 0 Å². The zero-order valence-corrected chi connectivity index (χ0v) is 10.8. The molecule has 0 bridgehead atoms. The number of nitrogens with zero attached hydrogens (tertiary/aromatic N) is 3. The number of thiazole rings is 1. The molecule has 2 N–H and O–H groups in total. The Balaban J connectivity index is 2.44. The number of aromatic nitrogens is 3. The number of hydrogen-bond acceptors (Lipinski definition) is 5. The molecule has 0 atom stereocenters. The van der Waals surface area contributed by atoms with Gasteiger partial charge in [-0.1, -0.05) is 0 Å². The second kappa shape index (κ2) is 4.61. The van der Waals surface area contributed by atoms with Crippen LogP contribution < -0.4 is 17.0 Å². The summed E-state index contributed by atoms with van der Waals surface area (Å²) in [5, 5.41) is 2.26. The highest BCUT2D eigenvalue weighted by Crippen LogP contribution is 2.12. The van der Waals surface area contributed by atoms with E-state index in [2.05, 4.69) is 4.98 Å². The fraction of sp³-hybridized carbons (Fsp3) is 0.182. The van der Waals surface area contributed by atoms with Gasteiger partial charge in [0.25, 0.3) is 5.56 Å². The molecule has 2 heterocycles. The Morgan fingerprint density at radius 2 is 2.06 bits per heavy atom. The summed E-state index contributed by atoms with van der Waals surface area (Å²) < 4.78 is 2.42. The Labute approximate surface area is 107 Å². The first-order valence-corrected chi connectivity index (χ1v) is 6.03. The van der Waals surface area contributed by atoms with Crippen LogP contribution in [0.1, 0.15) is 11.3 Å². The Bertz CT molecular complexity index is 723. The molecule has 0 saturated carbocycles. The predicted molar refractivity (Wildman–Crippen MR) is 72.4 cm³/mol. The number of anilines is 1. The highest BCUT2D eigenvalue weighted by Gasteiger charge is 2.03.